The molecule has 0 spiro atoms. The number of fused-ring (bicyclic) bond motifs is 1. The van der Waals surface area contributed by atoms with Crippen LogP contribution in [0, 0.1) is 12.8 Å². The Morgan fingerprint density at radius 3 is 2.45 bits per heavy atom. The summed E-state index contributed by atoms with van der Waals surface area (Å²) in [6.45, 7) is 4.48. The maximum Gasteiger partial charge on any atom is 0.241 e. The van der Waals surface area contributed by atoms with Crippen LogP contribution in [0.5, 0.6) is 0 Å². The topological polar surface area (TPSA) is 49.4 Å². The normalized spacial score (nSPS) is 20.6. The maximum atomic E-state index is 13.6. The summed E-state index contributed by atoms with van der Waals surface area (Å²) in [5, 5.41) is 2.84. The number of nitrogens with one attached hydrogen (secondary N) is 1. The zero-order chi connectivity index (χ0) is 21.8. The predicted molar refractivity (Wildman–Crippen MR) is 127 cm³/mol. The van der Waals surface area contributed by atoms with E-state index in [1.54, 1.807) is 0 Å². The van der Waals surface area contributed by atoms with Crippen LogP contribution in [0.3, 0.4) is 0 Å². The van der Waals surface area contributed by atoms with Gasteiger partial charge in [-0.15, -0.1) is 11.8 Å². The lowest BCUT2D eigenvalue weighted by atomic mass is 10.0. The summed E-state index contributed by atoms with van der Waals surface area (Å²) >= 11 is 1.53. The van der Waals surface area contributed by atoms with Crippen LogP contribution in [0.25, 0.3) is 0 Å². The highest BCUT2D eigenvalue weighted by Crippen LogP contribution is 2.42. The van der Waals surface area contributed by atoms with E-state index in [9.17, 15) is 9.59 Å². The lowest BCUT2D eigenvalue weighted by Gasteiger charge is -2.36. The molecular formula is C26H32N2O2S. The molecule has 2 aliphatic rings. The van der Waals surface area contributed by atoms with E-state index in [-0.39, 0.29) is 23.8 Å². The second-order valence-corrected chi connectivity index (χ2v) is 10.1. The highest BCUT2D eigenvalue weighted by atomic mass is 32.2. The Bertz CT molecular complexity index is 919. The van der Waals surface area contributed by atoms with E-state index in [1.165, 1.54) is 43.0 Å². The number of aryl methyl sites for hydroxylation is 1. The van der Waals surface area contributed by atoms with Crippen LogP contribution in [-0.2, 0) is 16.1 Å². The van der Waals surface area contributed by atoms with Gasteiger partial charge in [0.2, 0.25) is 11.8 Å². The second kappa shape index (κ2) is 9.90. The van der Waals surface area contributed by atoms with Crippen LogP contribution in [-0.4, -0.2) is 23.1 Å². The first-order valence-corrected chi connectivity index (χ1v) is 12.3. The molecule has 2 amide bonds. The van der Waals surface area contributed by atoms with Crippen molar-refractivity contribution in [2.45, 2.75) is 75.1 Å². The third kappa shape index (κ3) is 5.15. The van der Waals surface area contributed by atoms with Crippen LogP contribution in [0.15, 0.2) is 53.4 Å². The fourth-order valence-corrected chi connectivity index (χ4v) is 5.77. The van der Waals surface area contributed by atoms with Crippen LogP contribution in [0.2, 0.25) is 0 Å². The summed E-state index contributed by atoms with van der Waals surface area (Å²) in [5.41, 5.74) is 3.23. The maximum absolute atomic E-state index is 13.6. The van der Waals surface area contributed by atoms with E-state index >= 15 is 0 Å². The molecule has 1 fully saturated rings. The van der Waals surface area contributed by atoms with E-state index in [4.69, 9.17) is 0 Å². The lowest BCUT2D eigenvalue weighted by molar-refractivity contribution is -0.129. The van der Waals surface area contributed by atoms with Gasteiger partial charge in [-0.2, -0.15) is 0 Å². The van der Waals surface area contributed by atoms with Gasteiger partial charge in [0, 0.05) is 10.9 Å². The molecule has 164 valence electrons. The van der Waals surface area contributed by atoms with Crippen molar-refractivity contribution in [3.05, 3.63) is 59.7 Å². The molecule has 4 rings (SSSR count). The van der Waals surface area contributed by atoms with Gasteiger partial charge < -0.3 is 10.2 Å². The smallest absolute Gasteiger partial charge is 0.241 e. The van der Waals surface area contributed by atoms with Crippen LogP contribution >= 0.6 is 11.8 Å². The van der Waals surface area contributed by atoms with Gasteiger partial charge in [0.25, 0.3) is 0 Å². The minimum atomic E-state index is -0.411. The van der Waals surface area contributed by atoms with Gasteiger partial charge in [-0.05, 0) is 37.5 Å². The van der Waals surface area contributed by atoms with Crippen molar-refractivity contribution in [2.24, 2.45) is 5.92 Å². The predicted octanol–water partition coefficient (Wildman–Crippen LogP) is 5.48. The molecule has 1 aliphatic heterocycles. The average molecular weight is 437 g/mol. The number of para-hydroxylation sites is 1. The Balaban J connectivity index is 1.53. The first kappa shape index (κ1) is 21.9. The van der Waals surface area contributed by atoms with Gasteiger partial charge in [-0.1, -0.05) is 74.6 Å². The molecule has 2 atom stereocenters. The Kier molecular flexibility index (Phi) is 7.01. The zero-order valence-corrected chi connectivity index (χ0v) is 19.3. The van der Waals surface area contributed by atoms with Crippen molar-refractivity contribution >= 4 is 29.3 Å². The number of carbonyl (C=O) groups excluding carboxylic acids is 2. The monoisotopic (exact) mass is 436 g/mol. The molecule has 1 heterocycles. The first-order chi connectivity index (χ1) is 15.0. The van der Waals surface area contributed by atoms with E-state index in [0.29, 0.717) is 6.54 Å². The summed E-state index contributed by atoms with van der Waals surface area (Å²) in [6.07, 6.45) is 6.95. The van der Waals surface area contributed by atoms with Gasteiger partial charge in [0.05, 0.1) is 18.2 Å². The molecule has 0 bridgehead atoms. The molecule has 1 N–H and O–H groups in total. The minimum absolute atomic E-state index is 0.00687. The van der Waals surface area contributed by atoms with Crippen molar-refractivity contribution in [1.29, 1.82) is 0 Å². The number of benzene rings is 2. The van der Waals surface area contributed by atoms with Gasteiger partial charge in [0.15, 0.2) is 0 Å². The fourth-order valence-electron chi connectivity index (χ4n) is 4.49. The molecule has 0 aromatic heterocycles. The quantitative estimate of drug-likeness (QED) is 0.632. The minimum Gasteiger partial charge on any atom is -0.353 e. The number of hydrogen-bond donors (Lipinski definition) is 1. The summed E-state index contributed by atoms with van der Waals surface area (Å²) < 4.78 is 0. The number of thioether (sulfide) groups is 1. The standard InChI is InChI=1S/C26H32N2O2S/c1-18-13-15-20(16-14-18)17-28-22-11-7-8-12-23(22)31-24(26(28)30)19(2)25(29)27-21-9-5-3-4-6-10-21/h7-8,11-16,19,21,24H,3-6,9-10,17H2,1-2H3,(H,27,29)/t19-,24-/m1/s1. The number of rotatable bonds is 5. The van der Waals surface area contributed by atoms with Crippen LogP contribution in [0.4, 0.5) is 5.69 Å². The van der Waals surface area contributed by atoms with Crippen molar-refractivity contribution in [2.75, 3.05) is 4.90 Å². The summed E-state index contributed by atoms with van der Waals surface area (Å²) in [5.74, 6) is -0.352. The molecule has 0 saturated heterocycles. The number of anilines is 1. The van der Waals surface area contributed by atoms with E-state index in [2.05, 4.69) is 42.6 Å². The molecule has 5 heteroatoms. The summed E-state index contributed by atoms with van der Waals surface area (Å²) in [7, 11) is 0. The molecule has 2 aromatic carbocycles. The number of carbonyl (C=O) groups is 2. The van der Waals surface area contributed by atoms with Gasteiger partial charge in [-0.3, -0.25) is 9.59 Å². The fraction of sp³-hybridized carbons (Fsp3) is 0.462. The van der Waals surface area contributed by atoms with Gasteiger partial charge >= 0.3 is 0 Å². The highest BCUT2D eigenvalue weighted by molar-refractivity contribution is 8.01. The summed E-state index contributed by atoms with van der Waals surface area (Å²) in [4.78, 5) is 29.6. The third-order valence-corrected chi connectivity index (χ3v) is 7.91. The zero-order valence-electron chi connectivity index (χ0n) is 18.5. The number of nitrogens with zero attached hydrogens (tertiary/aromatic N) is 1. The van der Waals surface area contributed by atoms with Gasteiger partial charge in [0.1, 0.15) is 5.25 Å². The summed E-state index contributed by atoms with van der Waals surface area (Å²) in [6, 6.07) is 16.6. The SMILES string of the molecule is Cc1ccc(CN2C(=O)[C@@H]([C@@H](C)C(=O)NC3CCCCCC3)Sc3ccccc32)cc1. The van der Waals surface area contributed by atoms with E-state index < -0.39 is 5.25 Å². The van der Waals surface area contributed by atoms with Crippen molar-refractivity contribution in [3.63, 3.8) is 0 Å². The van der Waals surface area contributed by atoms with E-state index in [0.717, 1.165) is 29.0 Å². The van der Waals surface area contributed by atoms with Crippen molar-refractivity contribution < 1.29 is 9.59 Å². The van der Waals surface area contributed by atoms with E-state index in [1.807, 2.05) is 30.0 Å². The number of hydrogen-bond acceptors (Lipinski definition) is 3. The third-order valence-electron chi connectivity index (χ3n) is 6.45. The Morgan fingerprint density at radius 2 is 1.74 bits per heavy atom. The number of amides is 2. The Labute approximate surface area is 189 Å². The Hall–Kier alpha value is -2.27. The highest BCUT2D eigenvalue weighted by Gasteiger charge is 2.39. The largest absolute Gasteiger partial charge is 0.353 e. The molecule has 1 saturated carbocycles. The van der Waals surface area contributed by atoms with Gasteiger partial charge in [-0.25, -0.2) is 0 Å². The molecule has 0 radical (unpaired) electrons. The molecule has 0 unspecified atom stereocenters. The molecule has 1 aliphatic carbocycles. The molecular weight excluding hydrogens is 404 g/mol. The molecule has 2 aromatic rings. The Morgan fingerprint density at radius 1 is 1.06 bits per heavy atom. The van der Waals surface area contributed by atoms with Crippen LogP contribution in [0.1, 0.15) is 56.6 Å². The van der Waals surface area contributed by atoms with Crippen molar-refractivity contribution in [1.82, 2.24) is 5.32 Å². The molecule has 31 heavy (non-hydrogen) atoms. The second-order valence-electron chi connectivity index (χ2n) is 8.90. The molecule has 4 nitrogen and oxygen atoms in total. The lowest BCUT2D eigenvalue weighted by Crippen LogP contribution is -2.48. The van der Waals surface area contributed by atoms with Crippen molar-refractivity contribution in [3.8, 4) is 0 Å². The average Bonchev–Trinajstić information content (AvgIpc) is 3.05. The van der Waals surface area contributed by atoms with Crippen LogP contribution < -0.4 is 10.2 Å². The first-order valence-electron chi connectivity index (χ1n) is 11.5.